The molecule has 0 saturated carbocycles. The summed E-state index contributed by atoms with van der Waals surface area (Å²) in [5.74, 6) is 2.12. The van der Waals surface area contributed by atoms with Crippen molar-refractivity contribution in [3.8, 4) is 17.2 Å². The zero-order chi connectivity index (χ0) is 20.2. The third-order valence-corrected chi connectivity index (χ3v) is 5.55. The maximum absolute atomic E-state index is 13.1. The largest absolute Gasteiger partial charge is 0.493 e. The van der Waals surface area contributed by atoms with E-state index in [2.05, 4.69) is 0 Å². The Hall–Kier alpha value is -2.73. The molecule has 0 bridgehead atoms. The Labute approximate surface area is 171 Å². The SMILES string of the molecule is COc1cc2c(cc1OC)CN(C(=O)c1cccc(OCC3CCCO3)c1)CC2. The Balaban J connectivity index is 1.45. The smallest absolute Gasteiger partial charge is 0.254 e. The van der Waals surface area contributed by atoms with Gasteiger partial charge in [0.05, 0.1) is 20.3 Å². The van der Waals surface area contributed by atoms with Gasteiger partial charge in [-0.1, -0.05) is 6.07 Å². The molecular formula is C23H27NO5. The molecule has 6 nitrogen and oxygen atoms in total. The van der Waals surface area contributed by atoms with Crippen molar-refractivity contribution in [1.29, 1.82) is 0 Å². The summed E-state index contributed by atoms with van der Waals surface area (Å²) in [5, 5.41) is 0. The summed E-state index contributed by atoms with van der Waals surface area (Å²) in [4.78, 5) is 15.0. The molecule has 2 aliphatic heterocycles. The Morgan fingerprint density at radius 3 is 2.66 bits per heavy atom. The first-order valence-electron chi connectivity index (χ1n) is 10.1. The third kappa shape index (κ3) is 4.32. The molecule has 2 aromatic carbocycles. The predicted molar refractivity (Wildman–Crippen MR) is 109 cm³/mol. The first-order chi connectivity index (χ1) is 14.2. The minimum atomic E-state index is 0.00741. The zero-order valence-electron chi connectivity index (χ0n) is 17.0. The van der Waals surface area contributed by atoms with Crippen LogP contribution in [0.3, 0.4) is 0 Å². The van der Waals surface area contributed by atoms with Crippen LogP contribution >= 0.6 is 0 Å². The number of benzene rings is 2. The van der Waals surface area contributed by atoms with Crippen LogP contribution < -0.4 is 14.2 Å². The van der Waals surface area contributed by atoms with E-state index in [0.717, 1.165) is 37.2 Å². The van der Waals surface area contributed by atoms with Crippen LogP contribution in [0.25, 0.3) is 0 Å². The molecule has 0 radical (unpaired) electrons. The monoisotopic (exact) mass is 397 g/mol. The maximum atomic E-state index is 13.1. The summed E-state index contributed by atoms with van der Waals surface area (Å²) in [6, 6.07) is 11.4. The standard InChI is InChI=1S/C23H27NO5/c1-26-21-12-16-8-9-24(14-18(16)13-22(21)27-2)23(25)17-5-3-6-19(11-17)29-15-20-7-4-10-28-20/h3,5-6,11-13,20H,4,7-10,14-15H2,1-2H3. The number of rotatable bonds is 6. The molecule has 1 saturated heterocycles. The van der Waals surface area contributed by atoms with Gasteiger partial charge in [0.25, 0.3) is 5.91 Å². The van der Waals surface area contributed by atoms with Gasteiger partial charge in [0.1, 0.15) is 12.4 Å². The minimum absolute atomic E-state index is 0.00741. The molecule has 2 aromatic rings. The lowest BCUT2D eigenvalue weighted by Crippen LogP contribution is -2.36. The van der Waals surface area contributed by atoms with Gasteiger partial charge in [0.15, 0.2) is 11.5 Å². The van der Waals surface area contributed by atoms with Gasteiger partial charge >= 0.3 is 0 Å². The molecule has 0 aromatic heterocycles. The Bertz CT molecular complexity index is 876. The predicted octanol–water partition coefficient (Wildman–Crippen LogP) is 3.46. The molecule has 0 spiro atoms. The molecule has 6 heteroatoms. The molecule has 4 rings (SSSR count). The average molecular weight is 397 g/mol. The van der Waals surface area contributed by atoms with Crippen molar-refractivity contribution in [3.05, 3.63) is 53.1 Å². The Morgan fingerprint density at radius 2 is 1.93 bits per heavy atom. The molecule has 1 fully saturated rings. The van der Waals surface area contributed by atoms with E-state index in [1.165, 1.54) is 5.56 Å². The number of fused-ring (bicyclic) bond motifs is 1. The van der Waals surface area contributed by atoms with Gasteiger partial charge in [-0.3, -0.25) is 4.79 Å². The number of methoxy groups -OCH3 is 2. The fraction of sp³-hybridized carbons (Fsp3) is 0.435. The normalized spacial score (nSPS) is 18.3. The second-order valence-electron chi connectivity index (χ2n) is 7.43. The van der Waals surface area contributed by atoms with Gasteiger partial charge in [-0.15, -0.1) is 0 Å². The van der Waals surface area contributed by atoms with Crippen molar-refractivity contribution < 1.29 is 23.7 Å². The van der Waals surface area contributed by atoms with Crippen LogP contribution in [0.15, 0.2) is 36.4 Å². The second-order valence-corrected chi connectivity index (χ2v) is 7.43. The molecule has 1 amide bonds. The van der Waals surface area contributed by atoms with E-state index in [9.17, 15) is 4.79 Å². The molecule has 1 atom stereocenters. The molecule has 2 aliphatic rings. The number of amides is 1. The molecule has 0 N–H and O–H groups in total. The average Bonchev–Trinajstić information content (AvgIpc) is 3.29. The number of hydrogen-bond donors (Lipinski definition) is 0. The Morgan fingerprint density at radius 1 is 1.14 bits per heavy atom. The molecular weight excluding hydrogens is 370 g/mol. The van der Waals surface area contributed by atoms with Crippen molar-refractivity contribution in [2.24, 2.45) is 0 Å². The lowest BCUT2D eigenvalue weighted by molar-refractivity contribution is 0.0676. The van der Waals surface area contributed by atoms with Crippen molar-refractivity contribution in [2.75, 3.05) is 34.0 Å². The van der Waals surface area contributed by atoms with Crippen LogP contribution in [0, 0.1) is 0 Å². The van der Waals surface area contributed by atoms with E-state index in [-0.39, 0.29) is 12.0 Å². The topological polar surface area (TPSA) is 57.2 Å². The summed E-state index contributed by atoms with van der Waals surface area (Å²) in [7, 11) is 3.26. The highest BCUT2D eigenvalue weighted by molar-refractivity contribution is 5.94. The molecule has 0 aliphatic carbocycles. The summed E-state index contributed by atoms with van der Waals surface area (Å²) in [6.45, 7) is 2.55. The highest BCUT2D eigenvalue weighted by Crippen LogP contribution is 2.33. The van der Waals surface area contributed by atoms with Gasteiger partial charge in [0.2, 0.25) is 0 Å². The van der Waals surface area contributed by atoms with Crippen LogP contribution in [0.5, 0.6) is 17.2 Å². The third-order valence-electron chi connectivity index (χ3n) is 5.55. The van der Waals surface area contributed by atoms with Gasteiger partial charge in [0, 0.05) is 25.3 Å². The fourth-order valence-corrected chi connectivity index (χ4v) is 3.92. The summed E-state index contributed by atoms with van der Waals surface area (Å²) >= 11 is 0. The summed E-state index contributed by atoms with van der Waals surface area (Å²) < 4.78 is 22.3. The highest BCUT2D eigenvalue weighted by Gasteiger charge is 2.24. The number of hydrogen-bond acceptors (Lipinski definition) is 5. The fourth-order valence-electron chi connectivity index (χ4n) is 3.92. The van der Waals surface area contributed by atoms with E-state index in [0.29, 0.717) is 36.8 Å². The zero-order valence-corrected chi connectivity index (χ0v) is 17.0. The van der Waals surface area contributed by atoms with Crippen molar-refractivity contribution >= 4 is 5.91 Å². The summed E-state index contributed by atoms with van der Waals surface area (Å²) in [5.41, 5.74) is 2.92. The quantitative estimate of drug-likeness (QED) is 0.747. The van der Waals surface area contributed by atoms with Gasteiger partial charge in [-0.25, -0.2) is 0 Å². The van der Waals surface area contributed by atoms with Crippen LogP contribution in [0.1, 0.15) is 34.3 Å². The van der Waals surface area contributed by atoms with E-state index in [1.807, 2.05) is 41.3 Å². The van der Waals surface area contributed by atoms with Gasteiger partial charge < -0.3 is 23.8 Å². The van der Waals surface area contributed by atoms with Crippen LogP contribution in [-0.2, 0) is 17.7 Å². The first-order valence-corrected chi connectivity index (χ1v) is 10.1. The minimum Gasteiger partial charge on any atom is -0.493 e. The van der Waals surface area contributed by atoms with Crippen LogP contribution in [-0.4, -0.2) is 50.9 Å². The highest BCUT2D eigenvalue weighted by atomic mass is 16.5. The van der Waals surface area contributed by atoms with E-state index >= 15 is 0 Å². The second kappa shape index (κ2) is 8.74. The van der Waals surface area contributed by atoms with Crippen molar-refractivity contribution in [3.63, 3.8) is 0 Å². The number of ether oxygens (including phenoxy) is 4. The van der Waals surface area contributed by atoms with Crippen LogP contribution in [0.4, 0.5) is 0 Å². The van der Waals surface area contributed by atoms with Crippen LogP contribution in [0.2, 0.25) is 0 Å². The molecule has 154 valence electrons. The van der Waals surface area contributed by atoms with Gasteiger partial charge in [-0.05, 0) is 60.7 Å². The number of carbonyl (C=O) groups is 1. The molecule has 29 heavy (non-hydrogen) atoms. The van der Waals surface area contributed by atoms with Crippen molar-refractivity contribution in [1.82, 2.24) is 4.90 Å². The lowest BCUT2D eigenvalue weighted by Gasteiger charge is -2.30. The first kappa shape index (κ1) is 19.6. The number of nitrogens with zero attached hydrogens (tertiary/aromatic N) is 1. The van der Waals surface area contributed by atoms with Crippen molar-refractivity contribution in [2.45, 2.75) is 31.9 Å². The Kier molecular flexibility index (Phi) is 5.90. The van der Waals surface area contributed by atoms with E-state index in [1.54, 1.807) is 14.2 Å². The van der Waals surface area contributed by atoms with E-state index < -0.39 is 0 Å². The molecule has 2 heterocycles. The number of carbonyl (C=O) groups excluding carboxylic acids is 1. The maximum Gasteiger partial charge on any atom is 0.254 e. The van der Waals surface area contributed by atoms with Gasteiger partial charge in [-0.2, -0.15) is 0 Å². The summed E-state index contributed by atoms with van der Waals surface area (Å²) in [6.07, 6.45) is 3.05. The lowest BCUT2D eigenvalue weighted by atomic mass is 9.98. The molecule has 1 unspecified atom stereocenters. The van der Waals surface area contributed by atoms with E-state index in [4.69, 9.17) is 18.9 Å².